The minimum atomic E-state index is -4.26. The Labute approximate surface area is 327 Å². The van der Waals surface area contributed by atoms with Crippen molar-refractivity contribution >= 4 is 49.8 Å². The van der Waals surface area contributed by atoms with Crippen LogP contribution in [0.1, 0.15) is 71.8 Å². The van der Waals surface area contributed by atoms with E-state index in [1.165, 1.54) is 21.8 Å². The number of benzene rings is 2. The summed E-state index contributed by atoms with van der Waals surface area (Å²) in [7, 11) is -2.71. The van der Waals surface area contributed by atoms with Crippen molar-refractivity contribution in [2.75, 3.05) is 13.7 Å². The van der Waals surface area contributed by atoms with Crippen molar-refractivity contribution in [1.82, 2.24) is 40.5 Å². The normalized spacial score (nSPS) is 25.3. The topological polar surface area (TPSA) is 204 Å². The Bertz CT molecular complexity index is 2070. The van der Waals surface area contributed by atoms with E-state index in [0.29, 0.717) is 40.9 Å². The first-order valence-electron chi connectivity index (χ1n) is 18.1. The van der Waals surface area contributed by atoms with Gasteiger partial charge in [0, 0.05) is 24.4 Å². The van der Waals surface area contributed by atoms with Crippen LogP contribution < -0.4 is 20.1 Å². The predicted molar refractivity (Wildman–Crippen MR) is 203 cm³/mol. The Kier molecular flexibility index (Phi) is 11.7. The van der Waals surface area contributed by atoms with Crippen molar-refractivity contribution in [3.63, 3.8) is 0 Å². The van der Waals surface area contributed by atoms with E-state index in [-0.39, 0.29) is 24.3 Å². The first kappa shape index (κ1) is 39.8. The van der Waals surface area contributed by atoms with Crippen molar-refractivity contribution in [2.45, 2.75) is 99.9 Å². The quantitative estimate of drug-likeness (QED) is 0.290. The molecule has 1 saturated heterocycles. The molecule has 2 aliphatic heterocycles. The number of rotatable bonds is 7. The minimum absolute atomic E-state index is 0.0174. The van der Waals surface area contributed by atoms with Gasteiger partial charge in [-0.1, -0.05) is 43.2 Å². The highest BCUT2D eigenvalue weighted by Crippen LogP contribution is 2.46. The lowest BCUT2D eigenvalue weighted by atomic mass is 10.0. The van der Waals surface area contributed by atoms with Crippen molar-refractivity contribution in [3.8, 4) is 17.1 Å². The van der Waals surface area contributed by atoms with Crippen molar-refractivity contribution in [3.05, 3.63) is 65.2 Å². The Morgan fingerprint density at radius 3 is 2.55 bits per heavy atom. The number of amides is 4. The molecule has 6 rings (SSSR count). The molecule has 1 aliphatic carbocycles. The predicted octanol–water partition coefficient (Wildman–Crippen LogP) is 4.05. The summed E-state index contributed by atoms with van der Waals surface area (Å²) in [5, 5.41) is 18.7. The molecule has 2 fully saturated rings. The molecule has 0 bridgehead atoms. The number of nitrogens with zero attached hydrogens (tertiary/aromatic N) is 5. The number of hydrogen-bond acceptors (Lipinski definition) is 11. The van der Waals surface area contributed by atoms with Gasteiger partial charge in [-0.05, 0) is 97.9 Å². The average Bonchev–Trinajstić information content (AvgIpc) is 3.42. The molecule has 55 heavy (non-hydrogen) atoms. The second kappa shape index (κ2) is 16.1. The molecule has 0 radical (unpaired) electrons. The van der Waals surface area contributed by atoms with Crippen LogP contribution in [0.25, 0.3) is 11.4 Å². The van der Waals surface area contributed by atoms with Crippen LogP contribution in [-0.2, 0) is 29.1 Å². The molecule has 5 atom stereocenters. The fourth-order valence-corrected chi connectivity index (χ4v) is 8.49. The molecular formula is C37H45BrN8O8S. The summed E-state index contributed by atoms with van der Waals surface area (Å²) in [6, 6.07) is 10.0. The minimum Gasteiger partial charge on any atom is -0.496 e. The number of carbonyl (C=O) groups excluding carboxylic acids is 4. The summed E-state index contributed by atoms with van der Waals surface area (Å²) in [4.78, 5) is 58.4. The van der Waals surface area contributed by atoms with Gasteiger partial charge in [0.2, 0.25) is 17.6 Å². The first-order valence-corrected chi connectivity index (χ1v) is 20.4. The Morgan fingerprint density at radius 2 is 1.84 bits per heavy atom. The highest BCUT2D eigenvalue weighted by molar-refractivity contribution is 9.10. The molecule has 4 amide bonds. The molecule has 3 N–H and O–H groups in total. The van der Waals surface area contributed by atoms with E-state index in [4.69, 9.17) is 9.47 Å². The molecular weight excluding hydrogens is 796 g/mol. The number of aromatic nitrogens is 4. The zero-order valence-electron chi connectivity index (χ0n) is 31.0. The van der Waals surface area contributed by atoms with Crippen LogP contribution in [0.3, 0.4) is 0 Å². The second-order valence-corrected chi connectivity index (χ2v) is 17.5. The molecule has 16 nitrogen and oxygen atoms in total. The first-order chi connectivity index (χ1) is 26.1. The van der Waals surface area contributed by atoms with E-state index in [1.807, 2.05) is 12.2 Å². The van der Waals surface area contributed by atoms with Crippen LogP contribution in [0.4, 0.5) is 4.79 Å². The lowest BCUT2D eigenvalue weighted by Gasteiger charge is -2.30. The molecule has 0 unspecified atom stereocenters. The summed E-state index contributed by atoms with van der Waals surface area (Å²) >= 11 is 3.47. The smallest absolute Gasteiger partial charge is 0.408 e. The molecule has 3 aromatic rings. The van der Waals surface area contributed by atoms with Gasteiger partial charge >= 0.3 is 6.09 Å². The van der Waals surface area contributed by atoms with E-state index in [0.717, 1.165) is 12.8 Å². The molecule has 3 heterocycles. The van der Waals surface area contributed by atoms with Gasteiger partial charge in [0.15, 0.2) is 0 Å². The molecule has 18 heteroatoms. The van der Waals surface area contributed by atoms with Gasteiger partial charge in [0.1, 0.15) is 29.0 Å². The SMILES string of the molecule is COc1ccc(-c2nnn([C@@H]3C[C@H]4C(=O)N[C@@]5(C(=O)NS(=O)(=O)c6ccccc6)C[C@H]5/C=C\CCCCC[C@@H](NC(=O)OC(C)(C)C)C(=O)N4C3)n2)cc1Br. The third-order valence-corrected chi connectivity index (χ3v) is 11.8. The fourth-order valence-electron chi connectivity index (χ4n) is 6.89. The van der Waals surface area contributed by atoms with Gasteiger partial charge in [0.25, 0.3) is 15.9 Å². The van der Waals surface area contributed by atoms with E-state index in [2.05, 4.69) is 46.7 Å². The number of carbonyl (C=O) groups is 4. The maximum atomic E-state index is 14.5. The Hall–Kier alpha value is -4.84. The highest BCUT2D eigenvalue weighted by atomic mass is 79.9. The summed E-state index contributed by atoms with van der Waals surface area (Å²) in [5.74, 6) is -1.63. The monoisotopic (exact) mass is 840 g/mol. The van der Waals surface area contributed by atoms with Gasteiger partial charge in [0.05, 0.1) is 22.5 Å². The van der Waals surface area contributed by atoms with Crippen LogP contribution in [0.2, 0.25) is 0 Å². The molecule has 2 aromatic carbocycles. The molecule has 1 aromatic heterocycles. The van der Waals surface area contributed by atoms with E-state index < -0.39 is 69.0 Å². The lowest BCUT2D eigenvalue weighted by molar-refractivity contribution is -0.141. The number of methoxy groups -OCH3 is 1. The molecule has 0 spiro atoms. The average molecular weight is 842 g/mol. The molecule has 294 valence electrons. The largest absolute Gasteiger partial charge is 0.496 e. The summed E-state index contributed by atoms with van der Waals surface area (Å²) in [5.41, 5.74) is -1.76. The number of sulfonamides is 1. The summed E-state index contributed by atoms with van der Waals surface area (Å²) < 4.78 is 40.1. The number of nitrogens with one attached hydrogen (secondary N) is 3. The van der Waals surface area contributed by atoms with Gasteiger partial charge < -0.3 is 25.0 Å². The standard InChI is InChI=1S/C37H45BrN8O8S/c1-36(2,3)54-35(50)39-28-16-12-7-5-6-9-13-24-21-37(24,34(49)43-55(51,52)26-14-10-8-11-15-26)40-32(47)29-20-25(22-45(29)33(28)48)46-42-31(41-44-46)23-17-18-30(53-4)27(38)19-23/h8-11,13-15,17-19,24-25,28-29H,5-7,12,16,20-22H2,1-4H3,(H,39,50)(H,40,47)(H,43,49)/b13-9-/t24-,25-,28-,29+,37+/m1/s1. The van der Waals surface area contributed by atoms with Crippen molar-refractivity contribution < 1.29 is 37.1 Å². The van der Waals surface area contributed by atoms with Crippen LogP contribution in [0, 0.1) is 5.92 Å². The lowest BCUT2D eigenvalue weighted by Crippen LogP contribution is -2.58. The number of tetrazole rings is 1. The highest BCUT2D eigenvalue weighted by Gasteiger charge is 2.61. The van der Waals surface area contributed by atoms with E-state index in [1.54, 1.807) is 64.3 Å². The Morgan fingerprint density at radius 1 is 1.07 bits per heavy atom. The number of ether oxygens (including phenoxy) is 2. The number of halogens is 1. The number of fused-ring (bicyclic) bond motifs is 2. The molecule has 1 saturated carbocycles. The third-order valence-electron chi connectivity index (χ3n) is 9.80. The van der Waals surface area contributed by atoms with Gasteiger partial charge in [-0.15, -0.1) is 10.2 Å². The molecule has 3 aliphatic rings. The fraction of sp³-hybridized carbons (Fsp3) is 0.486. The van der Waals surface area contributed by atoms with Crippen molar-refractivity contribution in [2.24, 2.45) is 5.92 Å². The van der Waals surface area contributed by atoms with E-state index >= 15 is 0 Å². The summed E-state index contributed by atoms with van der Waals surface area (Å²) in [6.07, 6.45) is 6.26. The van der Waals surface area contributed by atoms with Crippen LogP contribution in [0.5, 0.6) is 5.75 Å². The number of alkyl carbamates (subject to hydrolysis) is 1. The maximum Gasteiger partial charge on any atom is 0.408 e. The third kappa shape index (κ3) is 9.18. The van der Waals surface area contributed by atoms with Crippen LogP contribution >= 0.6 is 15.9 Å². The van der Waals surface area contributed by atoms with Crippen LogP contribution in [0.15, 0.2) is 70.1 Å². The zero-order valence-corrected chi connectivity index (χ0v) is 33.4. The number of hydrogen-bond donors (Lipinski definition) is 3. The Balaban J connectivity index is 1.32. The zero-order chi connectivity index (χ0) is 39.5. The van der Waals surface area contributed by atoms with E-state index in [9.17, 15) is 27.6 Å². The van der Waals surface area contributed by atoms with Gasteiger partial charge in [-0.2, -0.15) is 4.80 Å². The summed E-state index contributed by atoms with van der Waals surface area (Å²) in [6.45, 7) is 5.14. The van der Waals surface area contributed by atoms with Gasteiger partial charge in [-0.25, -0.2) is 17.9 Å². The second-order valence-electron chi connectivity index (χ2n) is 15.0. The number of allylic oxidation sites excluding steroid dienone is 1. The van der Waals surface area contributed by atoms with Gasteiger partial charge in [-0.3, -0.25) is 14.4 Å². The van der Waals surface area contributed by atoms with Crippen LogP contribution in [-0.4, -0.2) is 94.2 Å². The van der Waals surface area contributed by atoms with Crippen molar-refractivity contribution in [1.29, 1.82) is 0 Å². The maximum absolute atomic E-state index is 14.5.